The molecule has 4 nitrogen and oxygen atoms in total. The molecule has 1 N–H and O–H groups in total. The first-order valence-electron chi connectivity index (χ1n) is 6.25. The maximum absolute atomic E-state index is 13.9. The number of alkyl carbamates (subject to hydrolysis) is 1. The Morgan fingerprint density at radius 3 is 2.58 bits per heavy atom. The minimum atomic E-state index is -0.772. The first-order valence-corrected chi connectivity index (χ1v) is 6.25. The summed E-state index contributed by atoms with van der Waals surface area (Å²) in [7, 11) is 0. The zero-order valence-corrected chi connectivity index (χ0v) is 11.3. The van der Waals surface area contributed by atoms with Crippen molar-refractivity contribution in [3.05, 3.63) is 35.1 Å². The van der Waals surface area contributed by atoms with Gasteiger partial charge in [-0.2, -0.15) is 0 Å². The maximum Gasteiger partial charge on any atom is 0.407 e. The summed E-state index contributed by atoms with van der Waals surface area (Å²) in [6.45, 7) is 5.30. The number of hydrogen-bond donors (Lipinski definition) is 1. The number of halogens is 1. The average Bonchev–Trinajstić information content (AvgIpc) is 2.36. The molecule has 0 spiro atoms. The summed E-state index contributed by atoms with van der Waals surface area (Å²) in [5.41, 5.74) is 0.389. The predicted molar refractivity (Wildman–Crippen MR) is 69.6 cm³/mol. The van der Waals surface area contributed by atoms with Gasteiger partial charge >= 0.3 is 6.09 Å². The summed E-state index contributed by atoms with van der Waals surface area (Å²) in [5.74, 6) is -0.795. The van der Waals surface area contributed by atoms with E-state index in [9.17, 15) is 14.0 Å². The minimum absolute atomic E-state index is 0.142. The summed E-state index contributed by atoms with van der Waals surface area (Å²) in [6, 6.07) is 4.25. The minimum Gasteiger partial charge on any atom is -0.441 e. The number of carbonyl (C=O) groups is 2. The molecule has 0 aliphatic carbocycles. The van der Waals surface area contributed by atoms with Crippen LogP contribution in [0.15, 0.2) is 18.2 Å². The van der Waals surface area contributed by atoms with Crippen LogP contribution >= 0.6 is 0 Å². The quantitative estimate of drug-likeness (QED) is 0.833. The van der Waals surface area contributed by atoms with Crippen molar-refractivity contribution in [3.8, 4) is 0 Å². The van der Waals surface area contributed by atoms with E-state index in [1.165, 1.54) is 25.1 Å². The average molecular weight is 267 g/mol. The Balaban J connectivity index is 3.10. The molecule has 1 amide bonds. The van der Waals surface area contributed by atoms with Crippen LogP contribution in [0.2, 0.25) is 0 Å². The third-order valence-electron chi connectivity index (χ3n) is 2.70. The van der Waals surface area contributed by atoms with Crippen LogP contribution in [0, 0.1) is 5.82 Å². The highest BCUT2D eigenvalue weighted by molar-refractivity contribution is 5.95. The van der Waals surface area contributed by atoms with Crippen LogP contribution in [0.4, 0.5) is 9.18 Å². The Hall–Kier alpha value is -1.91. The molecule has 0 aromatic heterocycles. The second-order valence-corrected chi connectivity index (χ2v) is 4.09. The van der Waals surface area contributed by atoms with Gasteiger partial charge in [-0.05, 0) is 26.3 Å². The fraction of sp³-hybridized carbons (Fsp3) is 0.429. The largest absolute Gasteiger partial charge is 0.441 e. The predicted octanol–water partition coefficient (Wildman–Crippen LogP) is 3.23. The van der Waals surface area contributed by atoms with Crippen molar-refractivity contribution < 1.29 is 18.7 Å². The van der Waals surface area contributed by atoms with E-state index in [0.29, 0.717) is 13.0 Å². The lowest BCUT2D eigenvalue weighted by Crippen LogP contribution is -2.26. The highest BCUT2D eigenvalue weighted by Crippen LogP contribution is 2.27. The molecule has 5 heteroatoms. The van der Waals surface area contributed by atoms with Gasteiger partial charge < -0.3 is 10.1 Å². The van der Waals surface area contributed by atoms with Crippen LogP contribution in [0.25, 0.3) is 0 Å². The van der Waals surface area contributed by atoms with E-state index in [1.807, 2.05) is 0 Å². The van der Waals surface area contributed by atoms with Gasteiger partial charge in [0.05, 0.1) is 0 Å². The monoisotopic (exact) mass is 267 g/mol. The Morgan fingerprint density at radius 2 is 2.05 bits per heavy atom. The van der Waals surface area contributed by atoms with Gasteiger partial charge in [0.15, 0.2) is 5.78 Å². The molecule has 1 rings (SSSR count). The van der Waals surface area contributed by atoms with Crippen molar-refractivity contribution in [1.29, 1.82) is 0 Å². The molecule has 0 saturated carbocycles. The Kier molecular flexibility index (Phi) is 5.48. The molecule has 104 valence electrons. The SMILES string of the molecule is CCNC(=O)OC(CC)c1c(F)cccc1C(C)=O. The van der Waals surface area contributed by atoms with Gasteiger partial charge in [-0.1, -0.05) is 19.1 Å². The molecule has 0 bridgehead atoms. The topological polar surface area (TPSA) is 55.4 Å². The Morgan fingerprint density at radius 1 is 1.37 bits per heavy atom. The highest BCUT2D eigenvalue weighted by Gasteiger charge is 2.23. The Labute approximate surface area is 112 Å². The molecule has 0 aliphatic rings. The van der Waals surface area contributed by atoms with Crippen molar-refractivity contribution in [2.45, 2.75) is 33.3 Å². The van der Waals surface area contributed by atoms with E-state index in [-0.39, 0.29) is 16.9 Å². The normalized spacial score (nSPS) is 11.8. The van der Waals surface area contributed by atoms with E-state index in [4.69, 9.17) is 4.74 Å². The van der Waals surface area contributed by atoms with Crippen LogP contribution < -0.4 is 5.32 Å². The molecule has 1 aromatic rings. The fourth-order valence-electron chi connectivity index (χ4n) is 1.83. The van der Waals surface area contributed by atoms with Crippen molar-refractivity contribution in [3.63, 3.8) is 0 Å². The molecule has 19 heavy (non-hydrogen) atoms. The van der Waals surface area contributed by atoms with Crippen LogP contribution in [0.1, 0.15) is 49.2 Å². The maximum atomic E-state index is 13.9. The van der Waals surface area contributed by atoms with Crippen LogP contribution in [-0.2, 0) is 4.74 Å². The molecule has 1 aromatic carbocycles. The van der Waals surface area contributed by atoms with E-state index < -0.39 is 18.0 Å². The van der Waals surface area contributed by atoms with E-state index in [0.717, 1.165) is 0 Å². The number of rotatable bonds is 5. The van der Waals surface area contributed by atoms with Gasteiger partial charge in [-0.3, -0.25) is 4.79 Å². The van der Waals surface area contributed by atoms with Crippen molar-refractivity contribution in [2.24, 2.45) is 0 Å². The van der Waals surface area contributed by atoms with Gasteiger partial charge in [-0.25, -0.2) is 9.18 Å². The van der Waals surface area contributed by atoms with Gasteiger partial charge in [-0.15, -0.1) is 0 Å². The lowest BCUT2D eigenvalue weighted by Gasteiger charge is -2.19. The fourth-order valence-corrected chi connectivity index (χ4v) is 1.83. The molecule has 0 aliphatic heterocycles. The molecule has 1 unspecified atom stereocenters. The smallest absolute Gasteiger partial charge is 0.407 e. The highest BCUT2D eigenvalue weighted by atomic mass is 19.1. The van der Waals surface area contributed by atoms with Crippen LogP contribution in [-0.4, -0.2) is 18.4 Å². The van der Waals surface area contributed by atoms with Gasteiger partial charge in [0.25, 0.3) is 0 Å². The number of ketones is 1. The summed E-state index contributed by atoms with van der Waals surface area (Å²) in [4.78, 5) is 23.0. The molecule has 0 saturated heterocycles. The zero-order chi connectivity index (χ0) is 14.4. The first kappa shape index (κ1) is 15.1. The molecular weight excluding hydrogens is 249 g/mol. The summed E-state index contributed by atoms with van der Waals surface area (Å²) in [5, 5.41) is 2.48. The summed E-state index contributed by atoms with van der Waals surface area (Å²) >= 11 is 0. The van der Waals surface area contributed by atoms with E-state index in [1.54, 1.807) is 13.8 Å². The number of benzene rings is 1. The van der Waals surface area contributed by atoms with Crippen LogP contribution in [0.3, 0.4) is 0 Å². The standard InChI is InChI=1S/C14H18FNO3/c1-4-12(19-14(18)16-5-2)13-10(9(3)17)7-6-8-11(13)15/h6-8,12H,4-5H2,1-3H3,(H,16,18). The van der Waals surface area contributed by atoms with E-state index >= 15 is 0 Å². The van der Waals surface area contributed by atoms with Crippen molar-refractivity contribution in [2.75, 3.05) is 6.54 Å². The van der Waals surface area contributed by atoms with Crippen LogP contribution in [0.5, 0.6) is 0 Å². The first-order chi connectivity index (χ1) is 9.01. The molecular formula is C14H18FNO3. The lowest BCUT2D eigenvalue weighted by molar-refractivity contribution is 0.0899. The molecule has 0 radical (unpaired) electrons. The molecule has 1 atom stereocenters. The molecule has 0 fully saturated rings. The van der Waals surface area contributed by atoms with Gasteiger partial charge in [0.1, 0.15) is 11.9 Å². The summed E-state index contributed by atoms with van der Waals surface area (Å²) in [6.07, 6.45) is -1.00. The number of Topliss-reactive ketones (excluding diaryl/α,β-unsaturated/α-hetero) is 1. The second-order valence-electron chi connectivity index (χ2n) is 4.09. The lowest BCUT2D eigenvalue weighted by atomic mass is 9.97. The number of hydrogen-bond acceptors (Lipinski definition) is 3. The van der Waals surface area contributed by atoms with Gasteiger partial charge in [0.2, 0.25) is 0 Å². The number of carbonyl (C=O) groups excluding carboxylic acids is 2. The van der Waals surface area contributed by atoms with Crippen molar-refractivity contribution >= 4 is 11.9 Å². The number of ether oxygens (including phenoxy) is 1. The van der Waals surface area contributed by atoms with Crippen molar-refractivity contribution in [1.82, 2.24) is 5.32 Å². The third kappa shape index (κ3) is 3.77. The van der Waals surface area contributed by atoms with E-state index in [2.05, 4.69) is 5.32 Å². The van der Waals surface area contributed by atoms with Gasteiger partial charge in [0, 0.05) is 17.7 Å². The molecule has 0 heterocycles. The number of nitrogens with one attached hydrogen (secondary N) is 1. The number of amides is 1. The summed E-state index contributed by atoms with van der Waals surface area (Å²) < 4.78 is 19.1. The second kappa shape index (κ2) is 6.87. The zero-order valence-electron chi connectivity index (χ0n) is 11.3. The third-order valence-corrected chi connectivity index (χ3v) is 2.70. The Bertz CT molecular complexity index is 474.